The lowest BCUT2D eigenvalue weighted by molar-refractivity contribution is 0.0598. The van der Waals surface area contributed by atoms with E-state index >= 15 is 0 Å². The number of methoxy groups -OCH3 is 1. The summed E-state index contributed by atoms with van der Waals surface area (Å²) in [7, 11) is 1.14. The molecule has 1 rings (SSSR count). The minimum atomic E-state index is -2.85. The Kier molecular flexibility index (Phi) is 4.44. The SMILES string of the molecule is COC(=O)c1cnc(Cl)c(C(F)F)c1CCl. The molecule has 1 aromatic rings. The Balaban J connectivity index is 3.42. The second kappa shape index (κ2) is 5.41. The molecule has 16 heavy (non-hydrogen) atoms. The van der Waals surface area contributed by atoms with Gasteiger partial charge in [0.2, 0.25) is 0 Å². The highest BCUT2D eigenvalue weighted by atomic mass is 35.5. The Morgan fingerprint density at radius 1 is 1.62 bits per heavy atom. The zero-order valence-corrected chi connectivity index (χ0v) is 9.65. The molecule has 0 saturated carbocycles. The number of nitrogens with zero attached hydrogens (tertiary/aromatic N) is 1. The molecule has 1 aromatic heterocycles. The number of esters is 1. The molecule has 0 aliphatic carbocycles. The molecular formula is C9H7Cl2F2NO2. The molecule has 0 unspecified atom stereocenters. The van der Waals surface area contributed by atoms with Gasteiger partial charge in [0.15, 0.2) is 0 Å². The number of rotatable bonds is 3. The van der Waals surface area contributed by atoms with Crippen molar-refractivity contribution in [2.24, 2.45) is 0 Å². The van der Waals surface area contributed by atoms with Gasteiger partial charge >= 0.3 is 5.97 Å². The summed E-state index contributed by atoms with van der Waals surface area (Å²) in [5, 5.41) is -0.363. The van der Waals surface area contributed by atoms with Gasteiger partial charge in [-0.05, 0) is 5.56 Å². The average molecular weight is 270 g/mol. The van der Waals surface area contributed by atoms with Gasteiger partial charge in [-0.2, -0.15) is 0 Å². The van der Waals surface area contributed by atoms with Gasteiger partial charge in [0, 0.05) is 12.1 Å². The van der Waals surface area contributed by atoms with E-state index in [1.54, 1.807) is 0 Å². The maximum Gasteiger partial charge on any atom is 0.339 e. The van der Waals surface area contributed by atoms with Crippen LogP contribution in [0.3, 0.4) is 0 Å². The molecule has 0 radical (unpaired) electrons. The summed E-state index contributed by atoms with van der Waals surface area (Å²) in [6.07, 6.45) is -1.78. The molecular weight excluding hydrogens is 263 g/mol. The Labute approximate surface area is 100 Å². The van der Waals surface area contributed by atoms with Crippen LogP contribution >= 0.6 is 23.2 Å². The van der Waals surface area contributed by atoms with Gasteiger partial charge < -0.3 is 4.74 Å². The summed E-state index contributed by atoms with van der Waals surface area (Å²) in [5.74, 6) is -1.05. The Bertz CT molecular complexity index is 413. The van der Waals surface area contributed by atoms with Gasteiger partial charge in [0.25, 0.3) is 6.43 Å². The van der Waals surface area contributed by atoms with E-state index in [1.807, 2.05) is 0 Å². The van der Waals surface area contributed by atoms with E-state index in [0.29, 0.717) is 0 Å². The largest absolute Gasteiger partial charge is 0.465 e. The first-order valence-electron chi connectivity index (χ1n) is 4.12. The number of aromatic nitrogens is 1. The predicted octanol–water partition coefficient (Wildman–Crippen LogP) is 3.20. The highest BCUT2D eigenvalue weighted by Gasteiger charge is 2.24. The Morgan fingerprint density at radius 2 is 2.25 bits per heavy atom. The quantitative estimate of drug-likeness (QED) is 0.481. The van der Waals surface area contributed by atoms with E-state index in [2.05, 4.69) is 9.72 Å². The summed E-state index contributed by atoms with van der Waals surface area (Å²) in [5.41, 5.74) is -0.680. The fraction of sp³-hybridized carbons (Fsp3) is 0.333. The van der Waals surface area contributed by atoms with Gasteiger partial charge in [-0.3, -0.25) is 0 Å². The lowest BCUT2D eigenvalue weighted by Gasteiger charge is -2.11. The van der Waals surface area contributed by atoms with Crippen molar-refractivity contribution in [2.75, 3.05) is 7.11 Å². The monoisotopic (exact) mass is 269 g/mol. The van der Waals surface area contributed by atoms with Crippen LogP contribution in [0.25, 0.3) is 0 Å². The first-order valence-corrected chi connectivity index (χ1v) is 5.03. The molecule has 88 valence electrons. The summed E-state index contributed by atoms with van der Waals surface area (Å²) >= 11 is 11.0. The van der Waals surface area contributed by atoms with Crippen LogP contribution in [-0.2, 0) is 10.6 Å². The third kappa shape index (κ3) is 2.41. The van der Waals surface area contributed by atoms with Crippen molar-refractivity contribution < 1.29 is 18.3 Å². The van der Waals surface area contributed by atoms with Crippen molar-refractivity contribution in [1.82, 2.24) is 4.98 Å². The molecule has 0 saturated heterocycles. The minimum absolute atomic E-state index is 0.0523. The molecule has 7 heteroatoms. The molecule has 0 fully saturated rings. The molecule has 0 amide bonds. The number of pyridine rings is 1. The predicted molar refractivity (Wildman–Crippen MR) is 55.1 cm³/mol. The Hall–Kier alpha value is -0.940. The fourth-order valence-corrected chi connectivity index (χ4v) is 1.72. The molecule has 3 nitrogen and oxygen atoms in total. The summed E-state index contributed by atoms with van der Waals surface area (Å²) in [6.45, 7) is 0. The van der Waals surface area contributed by atoms with Crippen LogP contribution in [-0.4, -0.2) is 18.1 Å². The van der Waals surface area contributed by atoms with Crippen LogP contribution in [0.5, 0.6) is 0 Å². The van der Waals surface area contributed by atoms with Crippen molar-refractivity contribution in [2.45, 2.75) is 12.3 Å². The van der Waals surface area contributed by atoms with Crippen LogP contribution in [0, 0.1) is 0 Å². The highest BCUT2D eigenvalue weighted by molar-refractivity contribution is 6.30. The van der Waals surface area contributed by atoms with E-state index in [4.69, 9.17) is 23.2 Å². The summed E-state index contributed by atoms with van der Waals surface area (Å²) in [4.78, 5) is 14.8. The molecule has 0 aliphatic heterocycles. The highest BCUT2D eigenvalue weighted by Crippen LogP contribution is 2.32. The van der Waals surface area contributed by atoms with Crippen LogP contribution in [0.1, 0.15) is 27.9 Å². The maximum absolute atomic E-state index is 12.7. The summed E-state index contributed by atoms with van der Waals surface area (Å²) in [6, 6.07) is 0. The third-order valence-electron chi connectivity index (χ3n) is 1.94. The van der Waals surface area contributed by atoms with Crippen molar-refractivity contribution in [3.05, 3.63) is 28.0 Å². The molecule has 0 aromatic carbocycles. The number of halogens is 4. The normalized spacial score (nSPS) is 10.6. The first kappa shape index (κ1) is 13.1. The molecule has 0 atom stereocenters. The van der Waals surface area contributed by atoms with E-state index in [9.17, 15) is 13.6 Å². The van der Waals surface area contributed by atoms with Gasteiger partial charge in [-0.15, -0.1) is 11.6 Å². The summed E-state index contributed by atoms with van der Waals surface area (Å²) < 4.78 is 29.8. The second-order valence-corrected chi connectivity index (χ2v) is 3.41. The minimum Gasteiger partial charge on any atom is -0.465 e. The second-order valence-electron chi connectivity index (χ2n) is 2.78. The molecule has 0 aliphatic rings. The zero-order valence-electron chi connectivity index (χ0n) is 8.14. The average Bonchev–Trinajstić information content (AvgIpc) is 2.26. The van der Waals surface area contributed by atoms with Crippen molar-refractivity contribution in [1.29, 1.82) is 0 Å². The van der Waals surface area contributed by atoms with Crippen molar-refractivity contribution in [3.8, 4) is 0 Å². The van der Waals surface area contributed by atoms with Gasteiger partial charge in [0.05, 0.1) is 18.2 Å². The number of carbonyl (C=O) groups excluding carboxylic acids is 1. The molecule has 1 heterocycles. The van der Waals surface area contributed by atoms with E-state index < -0.39 is 18.0 Å². The van der Waals surface area contributed by atoms with Crippen LogP contribution in [0.2, 0.25) is 5.15 Å². The van der Waals surface area contributed by atoms with E-state index in [1.165, 1.54) is 0 Å². The van der Waals surface area contributed by atoms with Crippen LogP contribution in [0.4, 0.5) is 8.78 Å². The third-order valence-corrected chi connectivity index (χ3v) is 2.51. The standard InChI is InChI=1S/C9H7Cl2F2NO2/c1-16-9(15)5-3-14-7(11)6(8(12)13)4(5)2-10/h3,8H,2H2,1H3. The lowest BCUT2D eigenvalue weighted by atomic mass is 10.1. The number of carbonyl (C=O) groups is 1. The van der Waals surface area contributed by atoms with Crippen LogP contribution in [0.15, 0.2) is 6.20 Å². The topological polar surface area (TPSA) is 39.2 Å². The maximum atomic E-state index is 12.7. The van der Waals surface area contributed by atoms with Gasteiger partial charge in [0.1, 0.15) is 5.15 Å². The van der Waals surface area contributed by atoms with Gasteiger partial charge in [-0.25, -0.2) is 18.6 Å². The smallest absolute Gasteiger partial charge is 0.339 e. The number of hydrogen-bond donors (Lipinski definition) is 0. The lowest BCUT2D eigenvalue weighted by Crippen LogP contribution is -2.09. The van der Waals surface area contributed by atoms with Crippen molar-refractivity contribution >= 4 is 29.2 Å². The molecule has 0 bridgehead atoms. The van der Waals surface area contributed by atoms with Gasteiger partial charge in [-0.1, -0.05) is 11.6 Å². The molecule has 0 N–H and O–H groups in total. The van der Waals surface area contributed by atoms with E-state index in [0.717, 1.165) is 13.3 Å². The zero-order chi connectivity index (χ0) is 12.3. The number of ether oxygens (including phenoxy) is 1. The fourth-order valence-electron chi connectivity index (χ4n) is 1.19. The Morgan fingerprint density at radius 3 is 2.69 bits per heavy atom. The first-order chi connectivity index (χ1) is 7.52. The number of alkyl halides is 3. The number of hydrogen-bond acceptors (Lipinski definition) is 3. The van der Waals surface area contributed by atoms with Crippen LogP contribution < -0.4 is 0 Å². The van der Waals surface area contributed by atoms with Crippen molar-refractivity contribution in [3.63, 3.8) is 0 Å². The molecule has 0 spiro atoms. The van der Waals surface area contributed by atoms with E-state index in [-0.39, 0.29) is 22.2 Å².